The maximum Gasteiger partial charge on any atom is 0.352 e. The minimum absolute atomic E-state index is 0.0317. The van der Waals surface area contributed by atoms with Gasteiger partial charge >= 0.3 is 5.97 Å². The molecule has 0 spiro atoms. The Labute approximate surface area is 142 Å². The molecule has 1 aromatic rings. The fourth-order valence-corrected chi connectivity index (χ4v) is 4.28. The van der Waals surface area contributed by atoms with Crippen molar-refractivity contribution < 1.29 is 19.5 Å². The molecule has 2 aliphatic rings. The van der Waals surface area contributed by atoms with Crippen LogP contribution < -0.4 is 5.32 Å². The number of β-lactam (4-membered cyclic amide) rings is 1. The van der Waals surface area contributed by atoms with Gasteiger partial charge in [-0.05, 0) is 26.3 Å². The van der Waals surface area contributed by atoms with Crippen molar-refractivity contribution in [2.45, 2.75) is 38.7 Å². The standard InChI is InChI=1S/C15H18N4O4S/c1-4-18-8(3)9(5-16-18)12(20)17-10-13(21)19-11(15(22)23)7(2)6-24-14(10)19/h5,10,14H,4,6H2,1-3H3,(H,17,20)(H,22,23). The number of amides is 2. The number of carbonyl (C=O) groups is 3. The third-order valence-corrected chi connectivity index (χ3v) is 5.72. The van der Waals surface area contributed by atoms with Gasteiger partial charge in [0, 0.05) is 18.0 Å². The van der Waals surface area contributed by atoms with Crippen molar-refractivity contribution in [1.29, 1.82) is 0 Å². The van der Waals surface area contributed by atoms with Crippen LogP contribution in [0.1, 0.15) is 29.9 Å². The van der Waals surface area contributed by atoms with E-state index in [2.05, 4.69) is 10.4 Å². The van der Waals surface area contributed by atoms with Crippen LogP contribution in [-0.4, -0.2) is 54.7 Å². The second-order valence-corrected chi connectivity index (χ2v) is 6.86. The lowest BCUT2D eigenvalue weighted by Crippen LogP contribution is -2.70. The van der Waals surface area contributed by atoms with Crippen LogP contribution in [0.5, 0.6) is 0 Å². The van der Waals surface area contributed by atoms with E-state index in [0.29, 0.717) is 23.4 Å². The molecule has 0 aliphatic carbocycles. The van der Waals surface area contributed by atoms with Gasteiger partial charge in [-0.3, -0.25) is 19.2 Å². The molecule has 2 N–H and O–H groups in total. The van der Waals surface area contributed by atoms with E-state index in [4.69, 9.17) is 0 Å². The van der Waals surface area contributed by atoms with Crippen LogP contribution in [-0.2, 0) is 16.1 Å². The fraction of sp³-hybridized carbons (Fsp3) is 0.467. The second-order valence-electron chi connectivity index (χ2n) is 5.75. The number of carbonyl (C=O) groups excluding carboxylic acids is 2. The van der Waals surface area contributed by atoms with Gasteiger partial charge in [0.15, 0.2) is 0 Å². The first-order valence-electron chi connectivity index (χ1n) is 7.57. The van der Waals surface area contributed by atoms with Gasteiger partial charge in [-0.1, -0.05) is 0 Å². The van der Waals surface area contributed by atoms with Crippen molar-refractivity contribution in [3.63, 3.8) is 0 Å². The van der Waals surface area contributed by atoms with Crippen LogP contribution in [0.2, 0.25) is 0 Å². The van der Waals surface area contributed by atoms with E-state index in [1.54, 1.807) is 18.5 Å². The van der Waals surface area contributed by atoms with Crippen molar-refractivity contribution >= 4 is 29.5 Å². The van der Waals surface area contributed by atoms with Crippen LogP contribution in [0.25, 0.3) is 0 Å². The number of hydrogen-bond donors (Lipinski definition) is 2. The number of nitrogens with zero attached hydrogens (tertiary/aromatic N) is 3. The fourth-order valence-electron chi connectivity index (χ4n) is 2.98. The molecule has 9 heteroatoms. The Kier molecular flexibility index (Phi) is 4.12. The van der Waals surface area contributed by atoms with Crippen LogP contribution in [0.3, 0.4) is 0 Å². The van der Waals surface area contributed by atoms with E-state index in [1.165, 1.54) is 22.9 Å². The minimum Gasteiger partial charge on any atom is -0.477 e. The van der Waals surface area contributed by atoms with E-state index < -0.39 is 17.9 Å². The number of rotatable bonds is 4. The highest BCUT2D eigenvalue weighted by atomic mass is 32.2. The largest absolute Gasteiger partial charge is 0.477 e. The zero-order chi connectivity index (χ0) is 17.6. The number of thioether (sulfide) groups is 1. The monoisotopic (exact) mass is 350 g/mol. The molecule has 0 saturated carbocycles. The van der Waals surface area contributed by atoms with Crippen LogP contribution in [0, 0.1) is 6.92 Å². The molecule has 1 aromatic heterocycles. The number of aryl methyl sites for hydroxylation is 1. The molecule has 0 bridgehead atoms. The Balaban J connectivity index is 1.77. The molecule has 128 valence electrons. The van der Waals surface area contributed by atoms with Crippen molar-refractivity contribution in [2.24, 2.45) is 0 Å². The number of fused-ring (bicyclic) bond motifs is 1. The number of nitrogens with one attached hydrogen (secondary N) is 1. The maximum absolute atomic E-state index is 12.4. The molecule has 2 atom stereocenters. The van der Waals surface area contributed by atoms with Crippen molar-refractivity contribution in [3.05, 3.63) is 28.7 Å². The summed E-state index contributed by atoms with van der Waals surface area (Å²) in [6, 6.07) is -0.714. The molecule has 2 amide bonds. The number of hydrogen-bond acceptors (Lipinski definition) is 5. The topological polar surface area (TPSA) is 105 Å². The summed E-state index contributed by atoms with van der Waals surface area (Å²) >= 11 is 1.45. The van der Waals surface area contributed by atoms with Gasteiger partial charge < -0.3 is 10.4 Å². The summed E-state index contributed by atoms with van der Waals surface area (Å²) in [5.74, 6) is -1.35. The summed E-state index contributed by atoms with van der Waals surface area (Å²) in [5, 5.41) is 15.8. The Morgan fingerprint density at radius 1 is 1.46 bits per heavy atom. The molecule has 2 aliphatic heterocycles. The molecule has 8 nitrogen and oxygen atoms in total. The predicted octanol–water partition coefficient (Wildman–Crippen LogP) is 0.584. The summed E-state index contributed by atoms with van der Waals surface area (Å²) < 4.78 is 1.70. The summed E-state index contributed by atoms with van der Waals surface area (Å²) in [4.78, 5) is 37.4. The van der Waals surface area contributed by atoms with Gasteiger partial charge in [0.2, 0.25) is 0 Å². The highest BCUT2D eigenvalue weighted by Gasteiger charge is 2.53. The molecule has 0 radical (unpaired) electrons. The molecule has 1 fully saturated rings. The average molecular weight is 350 g/mol. The number of carboxylic acid groups (broad SMARTS) is 1. The first kappa shape index (κ1) is 16.6. The van der Waals surface area contributed by atoms with Crippen LogP contribution >= 0.6 is 11.8 Å². The summed E-state index contributed by atoms with van der Waals surface area (Å²) in [5.41, 5.74) is 1.84. The van der Waals surface area contributed by atoms with Gasteiger partial charge in [-0.15, -0.1) is 11.8 Å². The number of carboxylic acids is 1. The van der Waals surface area contributed by atoms with Crippen LogP contribution in [0.15, 0.2) is 17.5 Å². The van der Waals surface area contributed by atoms with E-state index >= 15 is 0 Å². The Bertz CT molecular complexity index is 770. The molecule has 0 aromatic carbocycles. The lowest BCUT2D eigenvalue weighted by molar-refractivity contribution is -0.148. The maximum atomic E-state index is 12.4. The smallest absolute Gasteiger partial charge is 0.352 e. The molecular weight excluding hydrogens is 332 g/mol. The lowest BCUT2D eigenvalue weighted by atomic mass is 10.0. The SMILES string of the molecule is CCn1ncc(C(=O)NC2C(=O)N3C(C(=O)O)=C(C)CSC23)c1C. The van der Waals surface area contributed by atoms with E-state index in [0.717, 1.165) is 5.69 Å². The van der Waals surface area contributed by atoms with Gasteiger partial charge in [0.1, 0.15) is 17.1 Å². The molecule has 1 saturated heterocycles. The Morgan fingerprint density at radius 3 is 2.75 bits per heavy atom. The molecule has 3 heterocycles. The average Bonchev–Trinajstić information content (AvgIpc) is 2.92. The zero-order valence-corrected chi connectivity index (χ0v) is 14.4. The molecule has 24 heavy (non-hydrogen) atoms. The highest BCUT2D eigenvalue weighted by molar-refractivity contribution is 8.00. The van der Waals surface area contributed by atoms with E-state index in [9.17, 15) is 19.5 Å². The van der Waals surface area contributed by atoms with Gasteiger partial charge in [-0.2, -0.15) is 5.10 Å². The molecular formula is C15H18N4O4S. The summed E-state index contributed by atoms with van der Waals surface area (Å²) in [6.07, 6.45) is 1.48. The third kappa shape index (κ3) is 2.39. The Hall–Kier alpha value is -2.29. The number of aromatic nitrogens is 2. The third-order valence-electron chi connectivity index (χ3n) is 4.30. The Morgan fingerprint density at radius 2 is 2.17 bits per heavy atom. The van der Waals surface area contributed by atoms with Crippen LogP contribution in [0.4, 0.5) is 0 Å². The quantitative estimate of drug-likeness (QED) is 0.770. The van der Waals surface area contributed by atoms with E-state index in [-0.39, 0.29) is 17.0 Å². The highest BCUT2D eigenvalue weighted by Crippen LogP contribution is 2.40. The first-order chi connectivity index (χ1) is 11.4. The van der Waals surface area contributed by atoms with Gasteiger partial charge in [-0.25, -0.2) is 4.79 Å². The van der Waals surface area contributed by atoms with E-state index in [1.807, 2.05) is 6.92 Å². The number of aliphatic carboxylic acids is 1. The molecule has 3 rings (SSSR count). The van der Waals surface area contributed by atoms with Crippen molar-refractivity contribution in [1.82, 2.24) is 20.0 Å². The predicted molar refractivity (Wildman–Crippen MR) is 87.3 cm³/mol. The van der Waals surface area contributed by atoms with Crippen molar-refractivity contribution in [2.75, 3.05) is 5.75 Å². The second kappa shape index (κ2) is 5.97. The normalized spacial score (nSPS) is 23.0. The summed E-state index contributed by atoms with van der Waals surface area (Å²) in [6.45, 7) is 6.08. The van der Waals surface area contributed by atoms with Gasteiger partial charge in [0.25, 0.3) is 11.8 Å². The lowest BCUT2D eigenvalue weighted by Gasteiger charge is -2.49. The summed E-state index contributed by atoms with van der Waals surface area (Å²) in [7, 11) is 0. The van der Waals surface area contributed by atoms with Gasteiger partial charge in [0.05, 0.1) is 11.8 Å². The first-order valence-corrected chi connectivity index (χ1v) is 8.62. The zero-order valence-electron chi connectivity index (χ0n) is 13.6. The van der Waals surface area contributed by atoms with Crippen molar-refractivity contribution in [3.8, 4) is 0 Å². The molecule has 2 unspecified atom stereocenters. The minimum atomic E-state index is -1.11.